The van der Waals surface area contributed by atoms with Crippen molar-refractivity contribution < 1.29 is 4.74 Å². The summed E-state index contributed by atoms with van der Waals surface area (Å²) in [5.74, 6) is 1.46. The fourth-order valence-electron chi connectivity index (χ4n) is 4.37. The Labute approximate surface area is 176 Å². The highest BCUT2D eigenvalue weighted by Gasteiger charge is 2.27. The largest absolute Gasteiger partial charge is 0.497 e. The Kier molecular flexibility index (Phi) is 5.74. The van der Waals surface area contributed by atoms with Gasteiger partial charge in [0.1, 0.15) is 10.6 Å². The summed E-state index contributed by atoms with van der Waals surface area (Å²) in [6, 6.07) is 8.39. The van der Waals surface area contributed by atoms with Gasteiger partial charge in [-0.1, -0.05) is 26.0 Å². The van der Waals surface area contributed by atoms with Crippen LogP contribution in [0.3, 0.4) is 0 Å². The Bertz CT molecular complexity index is 1070. The van der Waals surface area contributed by atoms with Gasteiger partial charge >= 0.3 is 0 Å². The first-order valence-electron chi connectivity index (χ1n) is 10.3. The highest BCUT2D eigenvalue weighted by molar-refractivity contribution is 7.18. The fourth-order valence-corrected chi connectivity index (χ4v) is 5.61. The summed E-state index contributed by atoms with van der Waals surface area (Å²) < 4.78 is 7.03. The first-order valence-corrected chi connectivity index (χ1v) is 11.1. The lowest BCUT2D eigenvalue weighted by Crippen LogP contribution is -2.38. The Morgan fingerprint density at radius 2 is 2.21 bits per heavy atom. The van der Waals surface area contributed by atoms with Crippen LogP contribution in [0.1, 0.15) is 36.3 Å². The fraction of sp³-hybridized carbons (Fsp3) is 0.478. The van der Waals surface area contributed by atoms with Crippen LogP contribution in [0.25, 0.3) is 10.2 Å². The normalized spacial score (nSPS) is 16.6. The van der Waals surface area contributed by atoms with E-state index in [1.807, 2.05) is 24.3 Å². The standard InChI is InChI=1S/C23H29N3O2S/c1-15(2)12-25(3)17-8-9-19-20(11-17)29-22-21(19)23(27)26(14-24-22)13-16-6-5-7-18(10-16)28-4/h5-7,10,14-15,17H,8-9,11-13H2,1-4H3. The molecule has 4 rings (SSSR count). The second-order valence-corrected chi connectivity index (χ2v) is 9.53. The molecule has 1 aromatic carbocycles. The predicted octanol–water partition coefficient (Wildman–Crippen LogP) is 3.96. The number of likely N-dealkylation sites (N-methyl/N-ethyl adjacent to an activating group) is 1. The Balaban J connectivity index is 1.63. The summed E-state index contributed by atoms with van der Waals surface area (Å²) in [5.41, 5.74) is 2.34. The van der Waals surface area contributed by atoms with Crippen molar-refractivity contribution in [2.75, 3.05) is 20.7 Å². The number of aryl methyl sites for hydroxylation is 1. The van der Waals surface area contributed by atoms with E-state index in [4.69, 9.17) is 4.74 Å². The number of hydrogen-bond donors (Lipinski definition) is 0. The first-order chi connectivity index (χ1) is 14.0. The SMILES string of the molecule is COc1cccc(Cn2cnc3sc4c(c3c2=O)CCC(N(C)CC(C)C)C4)c1. The molecule has 5 nitrogen and oxygen atoms in total. The molecule has 2 heterocycles. The molecule has 0 N–H and O–H groups in total. The molecule has 0 fully saturated rings. The molecular weight excluding hydrogens is 382 g/mol. The van der Waals surface area contributed by atoms with Gasteiger partial charge in [-0.2, -0.15) is 0 Å². The molecule has 1 aliphatic carbocycles. The number of benzene rings is 1. The number of aromatic nitrogens is 2. The zero-order chi connectivity index (χ0) is 20.5. The molecule has 0 saturated carbocycles. The van der Waals surface area contributed by atoms with Crippen LogP contribution in [0.4, 0.5) is 0 Å². The maximum Gasteiger partial charge on any atom is 0.262 e. The van der Waals surface area contributed by atoms with E-state index in [9.17, 15) is 4.79 Å². The average Bonchev–Trinajstić information content (AvgIpc) is 3.08. The van der Waals surface area contributed by atoms with Crippen LogP contribution in [0.2, 0.25) is 0 Å². The minimum atomic E-state index is 0.0734. The summed E-state index contributed by atoms with van der Waals surface area (Å²) in [5, 5.41) is 0.834. The van der Waals surface area contributed by atoms with Crippen LogP contribution in [-0.2, 0) is 19.4 Å². The van der Waals surface area contributed by atoms with E-state index >= 15 is 0 Å². The van der Waals surface area contributed by atoms with Crippen molar-refractivity contribution in [1.82, 2.24) is 14.5 Å². The van der Waals surface area contributed by atoms with E-state index in [1.165, 1.54) is 10.4 Å². The van der Waals surface area contributed by atoms with Gasteiger partial charge in [-0.3, -0.25) is 9.36 Å². The van der Waals surface area contributed by atoms with Crippen LogP contribution in [0.5, 0.6) is 5.75 Å². The minimum absolute atomic E-state index is 0.0734. The van der Waals surface area contributed by atoms with Gasteiger partial charge in [0, 0.05) is 17.5 Å². The van der Waals surface area contributed by atoms with Crippen molar-refractivity contribution in [3.05, 3.63) is 57.0 Å². The summed E-state index contributed by atoms with van der Waals surface area (Å²) in [7, 11) is 3.88. The van der Waals surface area contributed by atoms with Gasteiger partial charge in [0.05, 0.1) is 25.4 Å². The molecule has 1 unspecified atom stereocenters. The quantitative estimate of drug-likeness (QED) is 0.616. The summed E-state index contributed by atoms with van der Waals surface area (Å²) in [6.45, 7) is 6.14. The van der Waals surface area contributed by atoms with Crippen LogP contribution < -0.4 is 10.3 Å². The number of thiophene rings is 1. The Morgan fingerprint density at radius 3 is 2.97 bits per heavy atom. The lowest BCUT2D eigenvalue weighted by atomic mass is 9.92. The molecule has 0 amide bonds. The van der Waals surface area contributed by atoms with Crippen LogP contribution in [0, 0.1) is 5.92 Å². The third-order valence-electron chi connectivity index (χ3n) is 5.77. The van der Waals surface area contributed by atoms with Crippen LogP contribution >= 0.6 is 11.3 Å². The van der Waals surface area contributed by atoms with Crippen LogP contribution in [0.15, 0.2) is 35.4 Å². The Morgan fingerprint density at radius 1 is 1.38 bits per heavy atom. The van der Waals surface area contributed by atoms with E-state index in [0.29, 0.717) is 18.5 Å². The lowest BCUT2D eigenvalue weighted by molar-refractivity contribution is 0.201. The average molecular weight is 412 g/mol. The van der Waals surface area contributed by atoms with E-state index in [1.54, 1.807) is 29.3 Å². The minimum Gasteiger partial charge on any atom is -0.497 e. The third kappa shape index (κ3) is 4.09. The maximum absolute atomic E-state index is 13.3. The molecule has 1 atom stereocenters. The van der Waals surface area contributed by atoms with Gasteiger partial charge in [0.15, 0.2) is 0 Å². The topological polar surface area (TPSA) is 47.4 Å². The molecular formula is C23H29N3O2S. The highest BCUT2D eigenvalue weighted by atomic mass is 32.1. The van der Waals surface area contributed by atoms with Crippen molar-refractivity contribution in [2.24, 2.45) is 5.92 Å². The number of methoxy groups -OCH3 is 1. The molecule has 0 bridgehead atoms. The van der Waals surface area contributed by atoms with Gasteiger partial charge < -0.3 is 9.64 Å². The van der Waals surface area contributed by atoms with Gasteiger partial charge in [-0.05, 0) is 55.5 Å². The van der Waals surface area contributed by atoms with Crippen molar-refractivity contribution in [3.8, 4) is 5.75 Å². The number of ether oxygens (including phenoxy) is 1. The van der Waals surface area contributed by atoms with Crippen molar-refractivity contribution in [1.29, 1.82) is 0 Å². The summed E-state index contributed by atoms with van der Waals surface area (Å²) in [6.07, 6.45) is 4.78. The molecule has 29 heavy (non-hydrogen) atoms. The zero-order valence-electron chi connectivity index (χ0n) is 17.6. The van der Waals surface area contributed by atoms with Crippen molar-refractivity contribution in [2.45, 2.75) is 45.7 Å². The summed E-state index contributed by atoms with van der Waals surface area (Å²) in [4.78, 5) is 22.6. The second-order valence-electron chi connectivity index (χ2n) is 8.44. The third-order valence-corrected chi connectivity index (χ3v) is 6.94. The van der Waals surface area contributed by atoms with E-state index in [2.05, 4.69) is 30.8 Å². The van der Waals surface area contributed by atoms with Crippen LogP contribution in [-0.4, -0.2) is 41.2 Å². The molecule has 0 aliphatic heterocycles. The molecule has 1 aliphatic rings. The second kappa shape index (κ2) is 8.28. The van der Waals surface area contributed by atoms with Crippen molar-refractivity contribution >= 4 is 21.6 Å². The molecule has 154 valence electrons. The molecule has 0 saturated heterocycles. The lowest BCUT2D eigenvalue weighted by Gasteiger charge is -2.32. The monoisotopic (exact) mass is 411 g/mol. The summed E-state index contributed by atoms with van der Waals surface area (Å²) >= 11 is 1.70. The van der Waals surface area contributed by atoms with Gasteiger partial charge in [-0.25, -0.2) is 4.98 Å². The number of nitrogens with zero attached hydrogens (tertiary/aromatic N) is 3. The van der Waals surface area contributed by atoms with Gasteiger partial charge in [-0.15, -0.1) is 11.3 Å². The molecule has 0 radical (unpaired) electrons. The predicted molar refractivity (Wildman–Crippen MR) is 119 cm³/mol. The maximum atomic E-state index is 13.3. The smallest absolute Gasteiger partial charge is 0.262 e. The molecule has 3 aromatic rings. The van der Waals surface area contributed by atoms with E-state index in [0.717, 1.165) is 47.3 Å². The number of hydrogen-bond acceptors (Lipinski definition) is 5. The first kappa shape index (κ1) is 20.1. The van der Waals surface area contributed by atoms with Crippen molar-refractivity contribution in [3.63, 3.8) is 0 Å². The van der Waals surface area contributed by atoms with E-state index < -0.39 is 0 Å². The number of rotatable bonds is 6. The zero-order valence-corrected chi connectivity index (χ0v) is 18.5. The van der Waals surface area contributed by atoms with E-state index in [-0.39, 0.29) is 5.56 Å². The Hall–Kier alpha value is -2.18. The van der Waals surface area contributed by atoms with Gasteiger partial charge in [0.25, 0.3) is 5.56 Å². The van der Waals surface area contributed by atoms with Gasteiger partial charge in [0.2, 0.25) is 0 Å². The highest BCUT2D eigenvalue weighted by Crippen LogP contribution is 2.35. The molecule has 0 spiro atoms. The number of fused-ring (bicyclic) bond motifs is 3. The molecule has 2 aromatic heterocycles. The molecule has 6 heteroatoms.